The molecule has 120 valence electrons. The summed E-state index contributed by atoms with van der Waals surface area (Å²) in [5.41, 5.74) is 1.11. The molecule has 0 bridgehead atoms. The monoisotopic (exact) mass is 308 g/mol. The summed E-state index contributed by atoms with van der Waals surface area (Å²) in [6, 6.07) is 0.141. The molecule has 0 saturated carbocycles. The van der Waals surface area contributed by atoms with Crippen molar-refractivity contribution in [3.05, 3.63) is 29.9 Å². The number of nitrogens with zero attached hydrogens (tertiary/aromatic N) is 5. The van der Waals surface area contributed by atoms with E-state index in [1.165, 1.54) is 0 Å². The Morgan fingerprint density at radius 2 is 2.36 bits per heavy atom. The third kappa shape index (κ3) is 3.50. The number of aromatic nitrogens is 4. The summed E-state index contributed by atoms with van der Waals surface area (Å²) in [7, 11) is 1.96. The number of likely N-dealkylation sites (tertiary alicyclic amines) is 1. The Morgan fingerprint density at radius 3 is 3.05 bits per heavy atom. The maximum atomic E-state index is 13.7. The van der Waals surface area contributed by atoms with E-state index in [-0.39, 0.29) is 6.04 Å². The van der Waals surface area contributed by atoms with Crippen molar-refractivity contribution in [2.75, 3.05) is 13.1 Å². The highest BCUT2D eigenvalue weighted by Gasteiger charge is 2.32. The molecule has 0 spiro atoms. The van der Waals surface area contributed by atoms with E-state index in [2.05, 4.69) is 25.3 Å². The van der Waals surface area contributed by atoms with Crippen molar-refractivity contribution in [2.45, 2.75) is 38.6 Å². The molecule has 0 unspecified atom stereocenters. The summed E-state index contributed by atoms with van der Waals surface area (Å²) in [5.74, 6) is 1.15. The molecule has 22 heavy (non-hydrogen) atoms. The van der Waals surface area contributed by atoms with E-state index in [9.17, 15) is 4.39 Å². The first-order valence-electron chi connectivity index (χ1n) is 7.45. The van der Waals surface area contributed by atoms with Crippen molar-refractivity contribution in [3.63, 3.8) is 0 Å². The summed E-state index contributed by atoms with van der Waals surface area (Å²) in [5, 5.41) is 7.27. The molecule has 0 amide bonds. The molecular formula is C14H21FN6O. The van der Waals surface area contributed by atoms with E-state index in [0.717, 1.165) is 18.8 Å². The van der Waals surface area contributed by atoms with Crippen LogP contribution in [0.15, 0.2) is 17.0 Å². The lowest BCUT2D eigenvalue weighted by Crippen LogP contribution is -2.37. The van der Waals surface area contributed by atoms with Gasteiger partial charge in [-0.3, -0.25) is 4.90 Å². The van der Waals surface area contributed by atoms with Gasteiger partial charge in [-0.05, 0) is 6.42 Å². The third-order valence-corrected chi connectivity index (χ3v) is 3.99. The van der Waals surface area contributed by atoms with Gasteiger partial charge in [-0.2, -0.15) is 4.98 Å². The molecule has 2 aromatic rings. The standard InChI is InChI=1S/C14H21FN6O/c1-10-18-14(19-22-10)8-21-7-11(15)3-12(21)4-16-5-13-6-17-9-20(13)2/h6,9,11-12,16H,3-5,7-8H2,1-2H3/t11-,12-/m0/s1. The molecule has 0 aliphatic carbocycles. The predicted octanol–water partition coefficient (Wildman–Crippen LogP) is 0.814. The smallest absolute Gasteiger partial charge is 0.223 e. The molecule has 3 rings (SSSR count). The van der Waals surface area contributed by atoms with Crippen LogP contribution < -0.4 is 5.32 Å². The van der Waals surface area contributed by atoms with Gasteiger partial charge in [0.1, 0.15) is 6.17 Å². The number of hydrogen-bond donors (Lipinski definition) is 1. The Kier molecular flexibility index (Phi) is 4.49. The fourth-order valence-electron chi connectivity index (χ4n) is 2.84. The van der Waals surface area contributed by atoms with Crippen molar-refractivity contribution in [1.29, 1.82) is 0 Å². The van der Waals surface area contributed by atoms with Crippen molar-refractivity contribution >= 4 is 0 Å². The molecule has 1 aliphatic rings. The van der Waals surface area contributed by atoms with Crippen molar-refractivity contribution in [2.24, 2.45) is 7.05 Å². The van der Waals surface area contributed by atoms with Crippen LogP contribution in [0.3, 0.4) is 0 Å². The molecule has 1 N–H and O–H groups in total. The zero-order valence-electron chi connectivity index (χ0n) is 12.9. The lowest BCUT2D eigenvalue weighted by Gasteiger charge is -2.22. The molecule has 1 saturated heterocycles. The molecule has 0 radical (unpaired) electrons. The minimum atomic E-state index is -0.795. The van der Waals surface area contributed by atoms with E-state index < -0.39 is 6.17 Å². The van der Waals surface area contributed by atoms with Gasteiger partial charge in [0.2, 0.25) is 5.89 Å². The van der Waals surface area contributed by atoms with Crippen LogP contribution in [-0.4, -0.2) is 49.9 Å². The zero-order valence-corrected chi connectivity index (χ0v) is 12.9. The summed E-state index contributed by atoms with van der Waals surface area (Å²) < 4.78 is 20.7. The summed E-state index contributed by atoms with van der Waals surface area (Å²) in [6.07, 6.45) is 3.35. The predicted molar refractivity (Wildman–Crippen MR) is 77.7 cm³/mol. The normalized spacial score (nSPS) is 22.5. The highest BCUT2D eigenvalue weighted by Crippen LogP contribution is 2.21. The Hall–Kier alpha value is -1.80. The minimum absolute atomic E-state index is 0.141. The molecule has 2 aromatic heterocycles. The second-order valence-electron chi connectivity index (χ2n) is 5.77. The first-order chi connectivity index (χ1) is 10.6. The molecule has 1 fully saturated rings. The van der Waals surface area contributed by atoms with Crippen LogP contribution in [-0.2, 0) is 20.1 Å². The molecule has 2 atom stereocenters. The van der Waals surface area contributed by atoms with Gasteiger partial charge in [-0.15, -0.1) is 0 Å². The van der Waals surface area contributed by atoms with Gasteiger partial charge < -0.3 is 14.4 Å². The van der Waals surface area contributed by atoms with Crippen LogP contribution in [0.2, 0.25) is 0 Å². The van der Waals surface area contributed by atoms with Crippen LogP contribution >= 0.6 is 0 Å². The molecule has 1 aliphatic heterocycles. The van der Waals surface area contributed by atoms with Crippen molar-refractivity contribution < 1.29 is 8.91 Å². The van der Waals surface area contributed by atoms with Gasteiger partial charge in [-0.25, -0.2) is 9.37 Å². The van der Waals surface area contributed by atoms with Crippen LogP contribution in [0.25, 0.3) is 0 Å². The summed E-state index contributed by atoms with van der Waals surface area (Å²) >= 11 is 0. The first kappa shape index (κ1) is 15.1. The number of halogens is 1. The van der Waals surface area contributed by atoms with Crippen molar-refractivity contribution in [3.8, 4) is 0 Å². The SMILES string of the molecule is Cc1nc(CN2C[C@@H](F)C[C@H]2CNCc2cncn2C)no1. The van der Waals surface area contributed by atoms with Gasteiger partial charge in [0.25, 0.3) is 0 Å². The van der Waals surface area contributed by atoms with Gasteiger partial charge >= 0.3 is 0 Å². The maximum absolute atomic E-state index is 13.7. The highest BCUT2D eigenvalue weighted by atomic mass is 19.1. The number of rotatable bonds is 6. The lowest BCUT2D eigenvalue weighted by molar-refractivity contribution is 0.221. The molecule has 8 heteroatoms. The van der Waals surface area contributed by atoms with Crippen LogP contribution in [0, 0.1) is 6.92 Å². The zero-order chi connectivity index (χ0) is 15.5. The fraction of sp³-hybridized carbons (Fsp3) is 0.643. The Balaban J connectivity index is 1.53. The van der Waals surface area contributed by atoms with E-state index in [4.69, 9.17) is 4.52 Å². The van der Waals surface area contributed by atoms with E-state index >= 15 is 0 Å². The molecule has 3 heterocycles. The number of alkyl halides is 1. The second kappa shape index (κ2) is 6.53. The molecule has 0 aromatic carbocycles. The molecular weight excluding hydrogens is 287 g/mol. The lowest BCUT2D eigenvalue weighted by atomic mass is 10.2. The van der Waals surface area contributed by atoms with Gasteiger partial charge in [0.15, 0.2) is 5.82 Å². The third-order valence-electron chi connectivity index (χ3n) is 3.99. The van der Waals surface area contributed by atoms with Crippen LogP contribution in [0.1, 0.15) is 23.8 Å². The summed E-state index contributed by atoms with van der Waals surface area (Å²) in [6.45, 7) is 4.15. The highest BCUT2D eigenvalue weighted by molar-refractivity contribution is 4.97. The average Bonchev–Trinajstić information content (AvgIpc) is 3.14. The number of imidazole rings is 1. The second-order valence-corrected chi connectivity index (χ2v) is 5.77. The largest absolute Gasteiger partial charge is 0.340 e. The Bertz CT molecular complexity index is 612. The number of hydrogen-bond acceptors (Lipinski definition) is 6. The number of aryl methyl sites for hydroxylation is 2. The number of nitrogens with one attached hydrogen (secondary N) is 1. The average molecular weight is 308 g/mol. The quantitative estimate of drug-likeness (QED) is 0.851. The fourth-order valence-corrected chi connectivity index (χ4v) is 2.84. The van der Waals surface area contributed by atoms with Gasteiger partial charge in [0.05, 0.1) is 18.6 Å². The van der Waals surface area contributed by atoms with Crippen LogP contribution in [0.5, 0.6) is 0 Å². The van der Waals surface area contributed by atoms with Crippen molar-refractivity contribution in [1.82, 2.24) is 29.9 Å². The first-order valence-corrected chi connectivity index (χ1v) is 7.45. The Morgan fingerprint density at radius 1 is 1.50 bits per heavy atom. The van der Waals surface area contributed by atoms with Gasteiger partial charge in [-0.1, -0.05) is 5.16 Å². The maximum Gasteiger partial charge on any atom is 0.223 e. The Labute approximate surface area is 128 Å². The van der Waals surface area contributed by atoms with E-state index in [0.29, 0.717) is 31.2 Å². The summed E-state index contributed by atoms with van der Waals surface area (Å²) in [4.78, 5) is 10.3. The topological polar surface area (TPSA) is 72.0 Å². The molecule has 7 nitrogen and oxygen atoms in total. The van der Waals surface area contributed by atoms with E-state index in [1.807, 2.05) is 17.8 Å². The van der Waals surface area contributed by atoms with Gasteiger partial charge in [0, 0.05) is 45.8 Å². The van der Waals surface area contributed by atoms with E-state index in [1.54, 1.807) is 13.3 Å². The van der Waals surface area contributed by atoms with Crippen LogP contribution in [0.4, 0.5) is 4.39 Å². The minimum Gasteiger partial charge on any atom is -0.340 e.